The number of carbonyl (C=O) groups is 2. The highest BCUT2D eigenvalue weighted by atomic mass is 16.2. The van der Waals surface area contributed by atoms with Crippen molar-refractivity contribution in [2.45, 2.75) is 51.9 Å². The molecule has 6 rings (SSSR count). The van der Waals surface area contributed by atoms with Crippen molar-refractivity contribution in [3.63, 3.8) is 0 Å². The molecule has 4 fully saturated rings. The van der Waals surface area contributed by atoms with Gasteiger partial charge in [0.2, 0.25) is 11.7 Å². The molecule has 0 unspecified atom stereocenters. The predicted octanol–water partition coefficient (Wildman–Crippen LogP) is 1.80. The summed E-state index contributed by atoms with van der Waals surface area (Å²) in [5, 5.41) is 4.15. The molecule has 2 amide bonds. The molecule has 8 heteroatoms. The highest BCUT2D eigenvalue weighted by molar-refractivity contribution is 5.92. The third kappa shape index (κ3) is 2.96. The normalized spacial score (nSPS) is 31.2. The molecule has 8 nitrogen and oxygen atoms in total. The summed E-state index contributed by atoms with van der Waals surface area (Å²) in [7, 11) is 0. The summed E-state index contributed by atoms with van der Waals surface area (Å²) >= 11 is 0. The molecule has 4 bridgehead atoms. The Morgan fingerprint density at radius 3 is 2.44 bits per heavy atom. The number of fused-ring (bicyclic) bond motifs is 1. The molecule has 2 heterocycles. The first kappa shape index (κ1) is 16.6. The summed E-state index contributed by atoms with van der Waals surface area (Å²) in [6.07, 6.45) is 9.67. The van der Waals surface area contributed by atoms with E-state index in [1.807, 2.05) is 6.92 Å². The van der Waals surface area contributed by atoms with Crippen LogP contribution in [0.5, 0.6) is 0 Å². The van der Waals surface area contributed by atoms with Gasteiger partial charge in [0.1, 0.15) is 0 Å². The van der Waals surface area contributed by atoms with Crippen molar-refractivity contribution >= 4 is 17.6 Å². The van der Waals surface area contributed by atoms with E-state index in [0.29, 0.717) is 12.2 Å². The number of amides is 2. The second kappa shape index (κ2) is 6.00. The minimum atomic E-state index is -0.529. The third-order valence-corrected chi connectivity index (χ3v) is 6.65. The Morgan fingerprint density at radius 2 is 1.81 bits per heavy atom. The van der Waals surface area contributed by atoms with Gasteiger partial charge in [0.25, 0.3) is 5.78 Å². The lowest BCUT2D eigenvalue weighted by molar-refractivity contribution is -0.130. The number of hydrogen-bond donors (Lipinski definition) is 2. The maximum absolute atomic E-state index is 12.5. The largest absolute Gasteiger partial charge is 0.309 e. The van der Waals surface area contributed by atoms with Gasteiger partial charge >= 0.3 is 5.91 Å². The third-order valence-electron chi connectivity index (χ3n) is 6.65. The number of hydrogen-bond acceptors (Lipinski definition) is 5. The SMILES string of the molecule is Cc1ccnc2nc(C(=O)NNC(=O)CC34CC5CC(CC(C5)C3)C4)nn12. The molecular formula is C19H24N6O2. The second-order valence-electron chi connectivity index (χ2n) is 8.83. The Labute approximate surface area is 157 Å². The molecule has 0 aromatic carbocycles. The molecule has 4 aliphatic carbocycles. The molecule has 2 N–H and O–H groups in total. The fourth-order valence-electron chi connectivity index (χ4n) is 6.08. The number of rotatable bonds is 3. The summed E-state index contributed by atoms with van der Waals surface area (Å²) in [5.41, 5.74) is 6.00. The first-order valence-corrected chi connectivity index (χ1v) is 9.77. The van der Waals surface area contributed by atoms with Gasteiger partial charge in [-0.1, -0.05) is 0 Å². The summed E-state index contributed by atoms with van der Waals surface area (Å²) in [4.78, 5) is 33.0. The molecule has 27 heavy (non-hydrogen) atoms. The van der Waals surface area contributed by atoms with Crippen molar-refractivity contribution in [1.29, 1.82) is 0 Å². The average molecular weight is 368 g/mol. The zero-order valence-corrected chi connectivity index (χ0v) is 15.4. The van der Waals surface area contributed by atoms with E-state index in [4.69, 9.17) is 0 Å². The van der Waals surface area contributed by atoms with Crippen LogP contribution in [-0.2, 0) is 4.79 Å². The molecule has 2 aromatic rings. The standard InChI is InChI=1S/C19H24N6O2/c1-11-2-3-20-18-21-16(24-25(11)18)17(27)23-22-15(26)10-19-7-12-4-13(8-19)6-14(5-12)9-19/h2-3,12-14H,4-10H2,1H3,(H,22,26)(H,23,27). The van der Waals surface area contributed by atoms with Gasteiger partial charge in [0.15, 0.2) is 0 Å². The average Bonchev–Trinajstić information content (AvgIpc) is 3.04. The van der Waals surface area contributed by atoms with Gasteiger partial charge in [-0.15, -0.1) is 5.10 Å². The number of nitrogens with zero attached hydrogens (tertiary/aromatic N) is 4. The van der Waals surface area contributed by atoms with Crippen LogP contribution in [0.1, 0.15) is 61.3 Å². The van der Waals surface area contributed by atoms with Gasteiger partial charge < -0.3 is 0 Å². The van der Waals surface area contributed by atoms with Gasteiger partial charge in [-0.25, -0.2) is 9.50 Å². The van der Waals surface area contributed by atoms with Crippen LogP contribution in [0.15, 0.2) is 12.3 Å². The van der Waals surface area contributed by atoms with Crippen molar-refractivity contribution in [2.24, 2.45) is 23.2 Å². The summed E-state index contributed by atoms with van der Waals surface area (Å²) < 4.78 is 1.51. The van der Waals surface area contributed by atoms with Crippen LogP contribution >= 0.6 is 0 Å². The monoisotopic (exact) mass is 368 g/mol. The topological polar surface area (TPSA) is 101 Å². The van der Waals surface area contributed by atoms with E-state index in [1.165, 1.54) is 43.0 Å². The van der Waals surface area contributed by atoms with Crippen molar-refractivity contribution in [3.8, 4) is 0 Å². The number of carbonyl (C=O) groups excluding carboxylic acids is 2. The minimum absolute atomic E-state index is 0.00750. The van der Waals surface area contributed by atoms with Crippen LogP contribution < -0.4 is 10.9 Å². The number of hydrazine groups is 1. The zero-order chi connectivity index (χ0) is 18.6. The quantitative estimate of drug-likeness (QED) is 0.805. The summed E-state index contributed by atoms with van der Waals surface area (Å²) in [6, 6.07) is 1.79. The summed E-state index contributed by atoms with van der Waals surface area (Å²) in [6.45, 7) is 1.86. The van der Waals surface area contributed by atoms with Gasteiger partial charge in [-0.05, 0) is 74.7 Å². The number of nitrogens with one attached hydrogen (secondary N) is 2. The Hall–Kier alpha value is -2.51. The Balaban J connectivity index is 1.21. The fraction of sp³-hybridized carbons (Fsp3) is 0.632. The number of aromatic nitrogens is 4. The van der Waals surface area contributed by atoms with Crippen molar-refractivity contribution in [2.75, 3.05) is 0 Å². The van der Waals surface area contributed by atoms with Crippen LogP contribution in [0.4, 0.5) is 0 Å². The minimum Gasteiger partial charge on any atom is -0.273 e. The van der Waals surface area contributed by atoms with E-state index in [2.05, 4.69) is 25.9 Å². The predicted molar refractivity (Wildman–Crippen MR) is 96.3 cm³/mol. The number of aryl methyl sites for hydroxylation is 1. The van der Waals surface area contributed by atoms with E-state index in [0.717, 1.165) is 23.4 Å². The van der Waals surface area contributed by atoms with Crippen LogP contribution in [0, 0.1) is 30.1 Å². The van der Waals surface area contributed by atoms with E-state index in [1.54, 1.807) is 12.3 Å². The molecule has 0 aliphatic heterocycles. The fourth-order valence-corrected chi connectivity index (χ4v) is 6.08. The molecule has 142 valence electrons. The summed E-state index contributed by atoms with van der Waals surface area (Å²) in [5.74, 6) is 2.11. The lowest BCUT2D eigenvalue weighted by atomic mass is 9.49. The maximum atomic E-state index is 12.5. The molecule has 4 aliphatic rings. The highest BCUT2D eigenvalue weighted by Crippen LogP contribution is 2.61. The van der Waals surface area contributed by atoms with E-state index in [9.17, 15) is 9.59 Å². The van der Waals surface area contributed by atoms with Gasteiger partial charge in [-0.2, -0.15) is 4.98 Å². The Kier molecular flexibility index (Phi) is 3.70. The maximum Gasteiger partial charge on any atom is 0.309 e. The van der Waals surface area contributed by atoms with Crippen molar-refractivity contribution in [1.82, 2.24) is 30.4 Å². The van der Waals surface area contributed by atoms with Crippen molar-refractivity contribution in [3.05, 3.63) is 23.8 Å². The van der Waals surface area contributed by atoms with E-state index < -0.39 is 5.91 Å². The molecule has 4 saturated carbocycles. The molecule has 0 saturated heterocycles. The van der Waals surface area contributed by atoms with E-state index >= 15 is 0 Å². The van der Waals surface area contributed by atoms with Crippen LogP contribution in [-0.4, -0.2) is 31.4 Å². The first-order valence-electron chi connectivity index (χ1n) is 9.77. The molecule has 0 atom stereocenters. The van der Waals surface area contributed by atoms with Crippen molar-refractivity contribution < 1.29 is 9.59 Å². The van der Waals surface area contributed by atoms with E-state index in [-0.39, 0.29) is 17.1 Å². The molecule has 0 radical (unpaired) electrons. The lowest BCUT2D eigenvalue weighted by Gasteiger charge is -2.56. The molecular weight excluding hydrogens is 344 g/mol. The molecule has 2 aromatic heterocycles. The smallest absolute Gasteiger partial charge is 0.273 e. The molecule has 0 spiro atoms. The van der Waals surface area contributed by atoms with Gasteiger partial charge in [0.05, 0.1) is 0 Å². The Bertz CT molecular complexity index is 885. The first-order chi connectivity index (χ1) is 13.0. The van der Waals surface area contributed by atoms with Crippen LogP contribution in [0.3, 0.4) is 0 Å². The highest BCUT2D eigenvalue weighted by Gasteiger charge is 2.51. The zero-order valence-electron chi connectivity index (χ0n) is 15.4. The lowest BCUT2D eigenvalue weighted by Crippen LogP contribution is -2.50. The second-order valence-corrected chi connectivity index (χ2v) is 8.83. The van der Waals surface area contributed by atoms with Gasteiger partial charge in [0, 0.05) is 18.3 Å². The van der Waals surface area contributed by atoms with Gasteiger partial charge in [-0.3, -0.25) is 20.4 Å². The van der Waals surface area contributed by atoms with Crippen LogP contribution in [0.25, 0.3) is 5.78 Å². The van der Waals surface area contributed by atoms with Crippen LogP contribution in [0.2, 0.25) is 0 Å². The Morgan fingerprint density at radius 1 is 1.15 bits per heavy atom.